The summed E-state index contributed by atoms with van der Waals surface area (Å²) in [5.74, 6) is 1.24. The Bertz CT molecular complexity index is 234. The molecule has 0 N–H and O–H groups in total. The predicted octanol–water partition coefficient (Wildman–Crippen LogP) is 2.37. The zero-order valence-corrected chi connectivity index (χ0v) is 8.67. The van der Waals surface area contributed by atoms with E-state index in [9.17, 15) is 4.79 Å². The first kappa shape index (κ1) is 9.04. The van der Waals surface area contributed by atoms with Crippen molar-refractivity contribution in [2.45, 2.75) is 45.6 Å². The monoisotopic (exact) mass is 182 g/mol. The van der Waals surface area contributed by atoms with E-state index < -0.39 is 0 Å². The lowest BCUT2D eigenvalue weighted by atomic mass is 9.71. The van der Waals surface area contributed by atoms with Crippen molar-refractivity contribution in [3.8, 4) is 0 Å². The first-order chi connectivity index (χ1) is 6.05. The average Bonchev–Trinajstić information content (AvgIpc) is 2.35. The van der Waals surface area contributed by atoms with Crippen LogP contribution in [0, 0.1) is 17.8 Å². The fraction of sp³-hybridized carbons (Fsp3) is 0.909. The van der Waals surface area contributed by atoms with Gasteiger partial charge in [0.2, 0.25) is 0 Å². The van der Waals surface area contributed by atoms with Crippen molar-refractivity contribution in [3.05, 3.63) is 0 Å². The van der Waals surface area contributed by atoms with Crippen LogP contribution in [0.25, 0.3) is 0 Å². The molecule has 0 radical (unpaired) electrons. The van der Waals surface area contributed by atoms with Crippen LogP contribution in [0.2, 0.25) is 0 Å². The zero-order chi connectivity index (χ0) is 9.64. The smallest absolute Gasteiger partial charge is 0.309 e. The van der Waals surface area contributed by atoms with E-state index in [1.54, 1.807) is 0 Å². The number of rotatable bonds is 1. The lowest BCUT2D eigenvalue weighted by Gasteiger charge is -2.35. The Morgan fingerprint density at radius 2 is 2.23 bits per heavy atom. The van der Waals surface area contributed by atoms with Gasteiger partial charge < -0.3 is 4.74 Å². The van der Waals surface area contributed by atoms with Crippen molar-refractivity contribution in [2.24, 2.45) is 17.8 Å². The summed E-state index contributed by atoms with van der Waals surface area (Å²) in [5.41, 5.74) is -0.103. The van der Waals surface area contributed by atoms with Gasteiger partial charge in [0, 0.05) is 6.42 Å². The summed E-state index contributed by atoms with van der Waals surface area (Å²) in [6.45, 7) is 6.48. The highest BCUT2D eigenvalue weighted by atomic mass is 16.6. The van der Waals surface area contributed by atoms with Gasteiger partial charge in [-0.1, -0.05) is 20.8 Å². The molecule has 3 unspecified atom stereocenters. The molecule has 13 heavy (non-hydrogen) atoms. The van der Waals surface area contributed by atoms with E-state index in [1.807, 2.05) is 0 Å². The Kier molecular flexibility index (Phi) is 1.90. The third kappa shape index (κ3) is 1.18. The molecule has 1 saturated heterocycles. The fourth-order valence-electron chi connectivity index (χ4n) is 2.68. The third-order valence-corrected chi connectivity index (χ3v) is 3.93. The SMILES string of the molecule is CC1CCC2(C(C)C)CC1C(=O)O2. The highest BCUT2D eigenvalue weighted by Gasteiger charge is 2.53. The molecular weight excluding hydrogens is 164 g/mol. The molecule has 1 aliphatic carbocycles. The van der Waals surface area contributed by atoms with E-state index >= 15 is 0 Å². The van der Waals surface area contributed by atoms with E-state index in [2.05, 4.69) is 20.8 Å². The van der Waals surface area contributed by atoms with Crippen LogP contribution in [0.5, 0.6) is 0 Å². The van der Waals surface area contributed by atoms with Gasteiger partial charge in [0.05, 0.1) is 5.92 Å². The van der Waals surface area contributed by atoms with Gasteiger partial charge in [-0.15, -0.1) is 0 Å². The molecule has 1 aliphatic heterocycles. The van der Waals surface area contributed by atoms with E-state index in [0.29, 0.717) is 11.8 Å². The van der Waals surface area contributed by atoms with Crippen LogP contribution in [-0.2, 0) is 9.53 Å². The summed E-state index contributed by atoms with van der Waals surface area (Å²) in [5, 5.41) is 0. The van der Waals surface area contributed by atoms with E-state index in [1.165, 1.54) is 0 Å². The molecule has 0 aromatic heterocycles. The summed E-state index contributed by atoms with van der Waals surface area (Å²) in [7, 11) is 0. The number of carbonyl (C=O) groups is 1. The number of esters is 1. The summed E-state index contributed by atoms with van der Waals surface area (Å²) < 4.78 is 5.57. The molecule has 2 fully saturated rings. The van der Waals surface area contributed by atoms with Crippen LogP contribution in [0.4, 0.5) is 0 Å². The Morgan fingerprint density at radius 3 is 2.85 bits per heavy atom. The lowest BCUT2D eigenvalue weighted by molar-refractivity contribution is -0.153. The van der Waals surface area contributed by atoms with Crippen molar-refractivity contribution in [3.63, 3.8) is 0 Å². The molecule has 1 heterocycles. The molecule has 0 aromatic rings. The Hall–Kier alpha value is -0.530. The van der Waals surface area contributed by atoms with Crippen LogP contribution in [0.3, 0.4) is 0 Å². The molecule has 2 aliphatic rings. The molecular formula is C11H18O2. The lowest BCUT2D eigenvalue weighted by Crippen LogP contribution is -2.37. The number of hydrogen-bond donors (Lipinski definition) is 0. The first-order valence-electron chi connectivity index (χ1n) is 5.28. The molecule has 2 rings (SSSR count). The first-order valence-corrected chi connectivity index (χ1v) is 5.28. The molecule has 1 saturated carbocycles. The summed E-state index contributed by atoms with van der Waals surface area (Å²) in [4.78, 5) is 11.6. The molecule has 3 atom stereocenters. The number of fused-ring (bicyclic) bond motifs is 2. The quantitative estimate of drug-likeness (QED) is 0.582. The average molecular weight is 182 g/mol. The van der Waals surface area contributed by atoms with Crippen LogP contribution >= 0.6 is 0 Å². The predicted molar refractivity (Wildman–Crippen MR) is 50.2 cm³/mol. The van der Waals surface area contributed by atoms with Gasteiger partial charge >= 0.3 is 5.97 Å². The highest BCUT2D eigenvalue weighted by molar-refractivity contribution is 5.76. The van der Waals surface area contributed by atoms with Crippen LogP contribution in [0.15, 0.2) is 0 Å². The van der Waals surface area contributed by atoms with Crippen LogP contribution < -0.4 is 0 Å². The van der Waals surface area contributed by atoms with E-state index in [0.717, 1.165) is 19.3 Å². The van der Waals surface area contributed by atoms with Gasteiger partial charge in [0.1, 0.15) is 5.60 Å². The highest BCUT2D eigenvalue weighted by Crippen LogP contribution is 2.48. The van der Waals surface area contributed by atoms with Crippen molar-refractivity contribution in [2.75, 3.05) is 0 Å². The maximum Gasteiger partial charge on any atom is 0.309 e. The van der Waals surface area contributed by atoms with Gasteiger partial charge in [-0.3, -0.25) is 4.79 Å². The van der Waals surface area contributed by atoms with Crippen LogP contribution in [-0.4, -0.2) is 11.6 Å². The van der Waals surface area contributed by atoms with Gasteiger partial charge in [0.15, 0.2) is 0 Å². The maximum atomic E-state index is 11.6. The molecule has 0 aromatic carbocycles. The third-order valence-electron chi connectivity index (χ3n) is 3.93. The van der Waals surface area contributed by atoms with Crippen molar-refractivity contribution in [1.82, 2.24) is 0 Å². The van der Waals surface area contributed by atoms with Gasteiger partial charge in [0.25, 0.3) is 0 Å². The topological polar surface area (TPSA) is 26.3 Å². The maximum absolute atomic E-state index is 11.6. The van der Waals surface area contributed by atoms with Crippen molar-refractivity contribution in [1.29, 1.82) is 0 Å². The minimum absolute atomic E-state index is 0.0544. The molecule has 0 spiro atoms. The molecule has 0 amide bonds. The van der Waals surface area contributed by atoms with Gasteiger partial charge in [-0.2, -0.15) is 0 Å². The van der Waals surface area contributed by atoms with Gasteiger partial charge in [-0.25, -0.2) is 0 Å². The standard InChI is InChI=1S/C11H18O2/c1-7(2)11-5-4-8(3)9(6-11)10(12)13-11/h7-9H,4-6H2,1-3H3. The normalized spacial score (nSPS) is 43.8. The molecule has 2 nitrogen and oxygen atoms in total. The second kappa shape index (κ2) is 2.73. The van der Waals surface area contributed by atoms with Crippen LogP contribution in [0.1, 0.15) is 40.0 Å². The largest absolute Gasteiger partial charge is 0.459 e. The second-order valence-electron chi connectivity index (χ2n) is 4.97. The molecule has 2 bridgehead atoms. The zero-order valence-electron chi connectivity index (χ0n) is 8.67. The van der Waals surface area contributed by atoms with Crippen molar-refractivity contribution >= 4 is 5.97 Å². The Morgan fingerprint density at radius 1 is 1.54 bits per heavy atom. The van der Waals surface area contributed by atoms with Crippen molar-refractivity contribution < 1.29 is 9.53 Å². The van der Waals surface area contributed by atoms with E-state index in [4.69, 9.17) is 4.74 Å². The minimum atomic E-state index is -0.103. The number of hydrogen-bond acceptors (Lipinski definition) is 2. The number of ether oxygens (including phenoxy) is 1. The Labute approximate surface area is 79.7 Å². The summed E-state index contributed by atoms with van der Waals surface area (Å²) >= 11 is 0. The van der Waals surface area contributed by atoms with Gasteiger partial charge in [-0.05, 0) is 24.7 Å². The summed E-state index contributed by atoms with van der Waals surface area (Å²) in [6.07, 6.45) is 3.17. The summed E-state index contributed by atoms with van der Waals surface area (Å²) in [6, 6.07) is 0. The van der Waals surface area contributed by atoms with E-state index in [-0.39, 0.29) is 17.5 Å². The molecule has 74 valence electrons. The number of carbonyl (C=O) groups excluding carboxylic acids is 1. The molecule has 2 heteroatoms. The second-order valence-corrected chi connectivity index (χ2v) is 4.97. The fourth-order valence-corrected chi connectivity index (χ4v) is 2.68. The minimum Gasteiger partial charge on any atom is -0.459 e. The Balaban J connectivity index is 2.24.